The summed E-state index contributed by atoms with van der Waals surface area (Å²) in [5, 5.41) is 0. The maximum Gasteiger partial charge on any atom is 0.145 e. The van der Waals surface area contributed by atoms with E-state index in [9.17, 15) is 0 Å². The Bertz CT molecular complexity index is 260. The maximum absolute atomic E-state index is 4.31. The normalized spacial score (nSPS) is 23.6. The van der Waals surface area contributed by atoms with Gasteiger partial charge in [-0.1, -0.05) is 6.92 Å². The molecule has 1 fully saturated rings. The zero-order valence-corrected chi connectivity index (χ0v) is 7.98. The van der Waals surface area contributed by atoms with E-state index in [1.54, 1.807) is 0 Å². The first-order valence-corrected chi connectivity index (χ1v) is 4.92. The fraction of sp³-hybridized carbons (Fsp3) is 0.600. The summed E-state index contributed by atoms with van der Waals surface area (Å²) in [7, 11) is 0. The molecule has 2 rings (SSSR count). The molecule has 0 aliphatic carbocycles. The third-order valence-corrected chi connectivity index (χ3v) is 2.65. The van der Waals surface area contributed by atoms with E-state index >= 15 is 0 Å². The van der Waals surface area contributed by atoms with Crippen LogP contribution in [-0.4, -0.2) is 28.0 Å². The third-order valence-electron chi connectivity index (χ3n) is 2.65. The predicted molar refractivity (Wildman–Crippen MR) is 51.3 cm³/mol. The molecular formula is C10H15N3. The lowest BCUT2D eigenvalue weighted by molar-refractivity contribution is 0.262. The molecule has 1 aromatic heterocycles. The molecule has 0 aromatic carbocycles. The Morgan fingerprint density at radius 1 is 1.46 bits per heavy atom. The molecule has 0 amide bonds. The minimum Gasteiger partial charge on any atom is -0.294 e. The van der Waals surface area contributed by atoms with Crippen molar-refractivity contribution in [3.05, 3.63) is 24.3 Å². The van der Waals surface area contributed by atoms with Crippen molar-refractivity contribution in [2.24, 2.45) is 0 Å². The van der Waals surface area contributed by atoms with E-state index in [0.29, 0.717) is 6.04 Å². The van der Waals surface area contributed by atoms with Gasteiger partial charge >= 0.3 is 0 Å². The Morgan fingerprint density at radius 2 is 2.23 bits per heavy atom. The second-order valence-electron chi connectivity index (χ2n) is 3.39. The van der Waals surface area contributed by atoms with E-state index < -0.39 is 0 Å². The summed E-state index contributed by atoms with van der Waals surface area (Å²) in [6, 6.07) is 2.33. The highest BCUT2D eigenvalue weighted by Gasteiger charge is 2.26. The zero-order valence-electron chi connectivity index (χ0n) is 7.98. The van der Waals surface area contributed by atoms with Crippen LogP contribution in [0.15, 0.2) is 18.5 Å². The molecule has 2 heterocycles. The summed E-state index contributed by atoms with van der Waals surface area (Å²) < 4.78 is 0. The molecule has 0 radical (unpaired) electrons. The van der Waals surface area contributed by atoms with Crippen molar-refractivity contribution in [1.82, 2.24) is 14.9 Å². The van der Waals surface area contributed by atoms with Crippen LogP contribution in [0.5, 0.6) is 0 Å². The maximum atomic E-state index is 4.31. The van der Waals surface area contributed by atoms with E-state index in [1.807, 2.05) is 18.5 Å². The average molecular weight is 177 g/mol. The Morgan fingerprint density at radius 3 is 2.92 bits per heavy atom. The fourth-order valence-electron chi connectivity index (χ4n) is 1.98. The Balaban J connectivity index is 2.16. The minimum absolute atomic E-state index is 0.464. The van der Waals surface area contributed by atoms with Crippen molar-refractivity contribution in [2.75, 3.05) is 13.1 Å². The van der Waals surface area contributed by atoms with Gasteiger partial charge in [0.25, 0.3) is 0 Å². The van der Waals surface area contributed by atoms with E-state index in [4.69, 9.17) is 0 Å². The molecule has 70 valence electrons. The summed E-state index contributed by atoms with van der Waals surface area (Å²) in [6.07, 6.45) is 6.14. The topological polar surface area (TPSA) is 29.0 Å². The number of rotatable bonds is 2. The van der Waals surface area contributed by atoms with Crippen molar-refractivity contribution in [1.29, 1.82) is 0 Å². The van der Waals surface area contributed by atoms with Gasteiger partial charge in [0.2, 0.25) is 0 Å². The van der Waals surface area contributed by atoms with Crippen LogP contribution in [0.25, 0.3) is 0 Å². The quantitative estimate of drug-likeness (QED) is 0.687. The van der Waals surface area contributed by atoms with Gasteiger partial charge in [0.15, 0.2) is 0 Å². The van der Waals surface area contributed by atoms with Gasteiger partial charge in [-0.25, -0.2) is 9.97 Å². The molecule has 0 N–H and O–H groups in total. The van der Waals surface area contributed by atoms with E-state index in [2.05, 4.69) is 21.8 Å². The van der Waals surface area contributed by atoms with E-state index in [0.717, 1.165) is 12.4 Å². The highest BCUT2D eigenvalue weighted by Crippen LogP contribution is 2.28. The van der Waals surface area contributed by atoms with Crippen LogP contribution in [-0.2, 0) is 0 Å². The summed E-state index contributed by atoms with van der Waals surface area (Å²) >= 11 is 0. The van der Waals surface area contributed by atoms with Crippen LogP contribution in [0.3, 0.4) is 0 Å². The van der Waals surface area contributed by atoms with Crippen molar-refractivity contribution in [3.63, 3.8) is 0 Å². The monoisotopic (exact) mass is 177 g/mol. The van der Waals surface area contributed by atoms with Crippen LogP contribution < -0.4 is 0 Å². The highest BCUT2D eigenvalue weighted by molar-refractivity contribution is 4.98. The molecule has 0 bridgehead atoms. The first kappa shape index (κ1) is 8.63. The van der Waals surface area contributed by atoms with Crippen molar-refractivity contribution < 1.29 is 0 Å². The van der Waals surface area contributed by atoms with Gasteiger partial charge in [0.1, 0.15) is 5.82 Å². The Kier molecular flexibility index (Phi) is 2.54. The molecule has 1 saturated heterocycles. The Labute approximate surface area is 78.8 Å². The van der Waals surface area contributed by atoms with Gasteiger partial charge in [-0.3, -0.25) is 4.90 Å². The van der Waals surface area contributed by atoms with Gasteiger partial charge < -0.3 is 0 Å². The van der Waals surface area contributed by atoms with E-state index in [1.165, 1.54) is 19.4 Å². The fourth-order valence-corrected chi connectivity index (χ4v) is 1.98. The summed E-state index contributed by atoms with van der Waals surface area (Å²) in [4.78, 5) is 11.1. The molecule has 3 heteroatoms. The third kappa shape index (κ3) is 1.70. The second-order valence-corrected chi connectivity index (χ2v) is 3.39. The minimum atomic E-state index is 0.464. The number of hydrogen-bond acceptors (Lipinski definition) is 3. The van der Waals surface area contributed by atoms with Crippen LogP contribution in [0, 0.1) is 0 Å². The van der Waals surface area contributed by atoms with Gasteiger partial charge in [-0.2, -0.15) is 0 Å². The van der Waals surface area contributed by atoms with Gasteiger partial charge in [-0.05, 0) is 32.0 Å². The highest BCUT2D eigenvalue weighted by atomic mass is 15.2. The predicted octanol–water partition coefficient (Wildman–Crippen LogP) is 1.63. The number of aromatic nitrogens is 2. The van der Waals surface area contributed by atoms with E-state index in [-0.39, 0.29) is 0 Å². The molecule has 0 spiro atoms. The van der Waals surface area contributed by atoms with Gasteiger partial charge in [0.05, 0.1) is 6.04 Å². The van der Waals surface area contributed by atoms with Gasteiger partial charge in [0, 0.05) is 12.4 Å². The van der Waals surface area contributed by atoms with Crippen LogP contribution in [0.2, 0.25) is 0 Å². The molecule has 13 heavy (non-hydrogen) atoms. The average Bonchev–Trinajstić information content (AvgIpc) is 2.67. The van der Waals surface area contributed by atoms with Crippen molar-refractivity contribution in [2.45, 2.75) is 25.8 Å². The van der Waals surface area contributed by atoms with Crippen LogP contribution in [0.4, 0.5) is 0 Å². The molecular weight excluding hydrogens is 162 g/mol. The lowest BCUT2D eigenvalue weighted by Crippen LogP contribution is -2.23. The summed E-state index contributed by atoms with van der Waals surface area (Å²) in [5.41, 5.74) is 0. The summed E-state index contributed by atoms with van der Waals surface area (Å²) in [6.45, 7) is 4.49. The summed E-state index contributed by atoms with van der Waals surface area (Å²) in [5.74, 6) is 0.988. The van der Waals surface area contributed by atoms with Crippen molar-refractivity contribution >= 4 is 0 Å². The first-order chi connectivity index (χ1) is 6.42. The molecule has 0 saturated carbocycles. The van der Waals surface area contributed by atoms with Crippen LogP contribution in [0.1, 0.15) is 31.6 Å². The molecule has 1 aliphatic heterocycles. The molecule has 1 atom stereocenters. The zero-order chi connectivity index (χ0) is 9.10. The first-order valence-electron chi connectivity index (χ1n) is 4.92. The standard InChI is InChI=1S/C10H15N3/c1-2-13-8-3-5-9(13)10-11-6-4-7-12-10/h4,6-7,9H,2-3,5,8H2,1H3/t9-/m0/s1. The Hall–Kier alpha value is -0.960. The number of likely N-dealkylation sites (tertiary alicyclic amines) is 1. The SMILES string of the molecule is CCN1CCC[C@H]1c1ncccn1. The lowest BCUT2D eigenvalue weighted by Gasteiger charge is -2.20. The second kappa shape index (κ2) is 3.83. The van der Waals surface area contributed by atoms with Crippen molar-refractivity contribution in [3.8, 4) is 0 Å². The van der Waals surface area contributed by atoms with Gasteiger partial charge in [-0.15, -0.1) is 0 Å². The largest absolute Gasteiger partial charge is 0.294 e. The molecule has 1 aromatic rings. The molecule has 1 aliphatic rings. The number of hydrogen-bond donors (Lipinski definition) is 0. The number of nitrogens with zero attached hydrogens (tertiary/aromatic N) is 3. The lowest BCUT2D eigenvalue weighted by atomic mass is 10.2. The van der Waals surface area contributed by atoms with Crippen LogP contribution >= 0.6 is 0 Å². The molecule has 3 nitrogen and oxygen atoms in total. The smallest absolute Gasteiger partial charge is 0.145 e. The molecule has 0 unspecified atom stereocenters.